The van der Waals surface area contributed by atoms with Gasteiger partial charge < -0.3 is 9.47 Å². The lowest BCUT2D eigenvalue weighted by atomic mass is 9.96. The van der Waals surface area contributed by atoms with Gasteiger partial charge in [-0.2, -0.15) is 0 Å². The van der Waals surface area contributed by atoms with Crippen molar-refractivity contribution in [3.63, 3.8) is 0 Å². The van der Waals surface area contributed by atoms with Gasteiger partial charge in [0.15, 0.2) is 0 Å². The molecular weight excluding hydrogens is 490 g/mol. The molecule has 0 amide bonds. The second-order valence-corrected chi connectivity index (χ2v) is 14.1. The monoisotopic (exact) mass is 558 g/mol. The molecule has 0 unspecified atom stereocenters. The highest BCUT2D eigenvalue weighted by molar-refractivity contribution is 5.75. The second-order valence-electron chi connectivity index (χ2n) is 14.1. The number of carbonyl (C=O) groups excluding carboxylic acids is 2. The third-order valence-corrected chi connectivity index (χ3v) is 6.59. The minimum atomic E-state index is -0.409. The van der Waals surface area contributed by atoms with Crippen LogP contribution in [0.3, 0.4) is 0 Å². The minimum absolute atomic E-state index is 0.0771. The Kier molecular flexibility index (Phi) is 18.0. The summed E-state index contributed by atoms with van der Waals surface area (Å²) in [6, 6.07) is 0. The van der Waals surface area contributed by atoms with Crippen LogP contribution in [0.25, 0.3) is 0 Å². The van der Waals surface area contributed by atoms with Crippen molar-refractivity contribution in [2.75, 3.05) is 46.0 Å². The van der Waals surface area contributed by atoms with Gasteiger partial charge in [0.25, 0.3) is 0 Å². The van der Waals surface area contributed by atoms with Crippen LogP contribution in [0, 0.1) is 10.8 Å². The predicted molar refractivity (Wildman–Crippen MR) is 166 cm³/mol. The molecule has 0 saturated carbocycles. The molecule has 0 spiro atoms. The molecule has 0 N–H and O–H groups in total. The fourth-order valence-electron chi connectivity index (χ4n) is 3.89. The highest BCUT2D eigenvalue weighted by atomic mass is 16.5. The van der Waals surface area contributed by atoms with Gasteiger partial charge in [0.05, 0.1) is 10.8 Å². The van der Waals surface area contributed by atoms with Gasteiger partial charge >= 0.3 is 11.9 Å². The van der Waals surface area contributed by atoms with Crippen molar-refractivity contribution in [1.29, 1.82) is 0 Å². The molecule has 39 heavy (non-hydrogen) atoms. The Morgan fingerprint density at radius 2 is 0.949 bits per heavy atom. The van der Waals surface area contributed by atoms with Gasteiger partial charge in [0, 0.05) is 50.3 Å². The van der Waals surface area contributed by atoms with Gasteiger partial charge in [0.2, 0.25) is 0 Å². The fraction of sp³-hybridized carbons (Fsp3) is 0.938. The lowest BCUT2D eigenvalue weighted by Gasteiger charge is -2.42. The zero-order valence-corrected chi connectivity index (χ0v) is 28.9. The van der Waals surface area contributed by atoms with Gasteiger partial charge in [-0.1, -0.05) is 27.7 Å². The van der Waals surface area contributed by atoms with Gasteiger partial charge in [-0.05, 0) is 95.9 Å². The summed E-state index contributed by atoms with van der Waals surface area (Å²) in [5, 5.41) is 0. The molecule has 0 radical (unpaired) electrons. The van der Waals surface area contributed by atoms with Crippen molar-refractivity contribution in [3.8, 4) is 0 Å². The van der Waals surface area contributed by atoms with Crippen LogP contribution in [0.4, 0.5) is 0 Å². The summed E-state index contributed by atoms with van der Waals surface area (Å²) >= 11 is 0. The van der Waals surface area contributed by atoms with Crippen molar-refractivity contribution >= 4 is 11.9 Å². The van der Waals surface area contributed by atoms with Crippen LogP contribution in [0.1, 0.15) is 124 Å². The molecule has 0 aliphatic carbocycles. The number of nitrogens with zero attached hydrogens (tertiary/aromatic N) is 3. The first-order valence-corrected chi connectivity index (χ1v) is 15.3. The first kappa shape index (κ1) is 40.0. The van der Waals surface area contributed by atoms with Crippen LogP contribution < -0.4 is 0 Å². The third kappa shape index (κ3) is 16.6. The number of esters is 2. The molecule has 0 bridgehead atoms. The summed E-state index contributed by atoms with van der Waals surface area (Å²) < 4.78 is 10.9. The van der Waals surface area contributed by atoms with E-state index >= 15 is 0 Å². The molecule has 0 atom stereocenters. The highest BCUT2D eigenvalue weighted by Gasteiger charge is 2.31. The molecule has 0 aromatic carbocycles. The molecule has 2 aliphatic rings. The molecule has 234 valence electrons. The standard InChI is InChI=1S/C14H28N2O2.C14H27NO2.2C2H6/c1-13(2,3)12(17)18-11-15-7-9-16(10-8-15)14(4,5)6;1-13(2,3)12(16)17-11-7-9-15(10-8-11)14(4,5)6;2*1-2/h7-11H2,1-6H3;11H,7-10H2,1-6H3;2*1-2H3. The molecule has 2 fully saturated rings. The van der Waals surface area contributed by atoms with Crippen LogP contribution in [0.15, 0.2) is 0 Å². The number of rotatable bonds is 3. The number of piperazine rings is 1. The summed E-state index contributed by atoms with van der Waals surface area (Å²) in [6.45, 7) is 39.2. The van der Waals surface area contributed by atoms with E-state index in [2.05, 4.69) is 56.2 Å². The summed E-state index contributed by atoms with van der Waals surface area (Å²) in [6.07, 6.45) is 2.03. The molecule has 7 heteroatoms. The summed E-state index contributed by atoms with van der Waals surface area (Å²) in [4.78, 5) is 30.6. The third-order valence-electron chi connectivity index (χ3n) is 6.59. The Morgan fingerprint density at radius 3 is 1.28 bits per heavy atom. The predicted octanol–water partition coefficient (Wildman–Crippen LogP) is 6.84. The molecule has 2 aliphatic heterocycles. The van der Waals surface area contributed by atoms with Gasteiger partial charge in [-0.15, -0.1) is 0 Å². The second kappa shape index (κ2) is 17.6. The van der Waals surface area contributed by atoms with Crippen LogP contribution in [0.5, 0.6) is 0 Å². The molecule has 7 nitrogen and oxygen atoms in total. The average molecular weight is 558 g/mol. The maximum Gasteiger partial charge on any atom is 0.312 e. The number of hydrogen-bond acceptors (Lipinski definition) is 7. The van der Waals surface area contributed by atoms with Gasteiger partial charge in [0.1, 0.15) is 12.8 Å². The molecular formula is C32H67N3O4. The minimum Gasteiger partial charge on any atom is -0.462 e. The SMILES string of the molecule is CC.CC.CC(C)(C)C(=O)OC1CCN(C(C)(C)C)CC1.CC(C)(C)C(=O)OCN1CCN(C(C)(C)C)CC1. The van der Waals surface area contributed by atoms with Crippen LogP contribution in [-0.2, 0) is 19.1 Å². The van der Waals surface area contributed by atoms with Crippen molar-refractivity contribution in [2.24, 2.45) is 10.8 Å². The van der Waals surface area contributed by atoms with Crippen LogP contribution in [-0.4, -0.2) is 89.8 Å². The molecule has 2 saturated heterocycles. The first-order chi connectivity index (χ1) is 17.7. The van der Waals surface area contributed by atoms with E-state index < -0.39 is 5.41 Å². The molecule has 2 rings (SSSR count). The summed E-state index contributed by atoms with van der Waals surface area (Å²) in [5.74, 6) is -0.201. The lowest BCUT2D eigenvalue weighted by molar-refractivity contribution is -0.161. The summed E-state index contributed by atoms with van der Waals surface area (Å²) in [7, 11) is 0. The van der Waals surface area contributed by atoms with E-state index in [1.54, 1.807) is 0 Å². The van der Waals surface area contributed by atoms with E-state index in [0.29, 0.717) is 6.73 Å². The number of carbonyl (C=O) groups is 2. The largest absolute Gasteiger partial charge is 0.462 e. The Morgan fingerprint density at radius 1 is 0.590 bits per heavy atom. The zero-order chi connectivity index (χ0) is 31.2. The Labute approximate surface area is 243 Å². The molecule has 2 heterocycles. The Bertz CT molecular complexity index is 665. The quantitative estimate of drug-likeness (QED) is 0.352. The number of piperidine rings is 1. The van der Waals surface area contributed by atoms with Gasteiger partial charge in [-0.3, -0.25) is 24.3 Å². The van der Waals surface area contributed by atoms with E-state index in [9.17, 15) is 9.59 Å². The van der Waals surface area contributed by atoms with Crippen molar-refractivity contribution < 1.29 is 19.1 Å². The average Bonchev–Trinajstić information content (AvgIpc) is 2.84. The van der Waals surface area contributed by atoms with Crippen LogP contribution >= 0.6 is 0 Å². The number of ether oxygens (including phenoxy) is 2. The highest BCUT2D eigenvalue weighted by Crippen LogP contribution is 2.24. The number of hydrogen-bond donors (Lipinski definition) is 0. The Balaban J connectivity index is 0. The van der Waals surface area contributed by atoms with Crippen molar-refractivity contribution in [3.05, 3.63) is 0 Å². The summed E-state index contributed by atoms with van der Waals surface area (Å²) in [5.41, 5.74) is -0.346. The van der Waals surface area contributed by atoms with E-state index in [4.69, 9.17) is 9.47 Å². The van der Waals surface area contributed by atoms with E-state index in [1.165, 1.54) is 0 Å². The smallest absolute Gasteiger partial charge is 0.312 e. The van der Waals surface area contributed by atoms with E-state index in [-0.39, 0.29) is 34.5 Å². The van der Waals surface area contributed by atoms with Crippen molar-refractivity contribution in [1.82, 2.24) is 14.7 Å². The van der Waals surface area contributed by atoms with Crippen molar-refractivity contribution in [2.45, 2.75) is 141 Å². The van der Waals surface area contributed by atoms with E-state index in [1.807, 2.05) is 69.2 Å². The topological polar surface area (TPSA) is 62.3 Å². The molecule has 0 aromatic heterocycles. The maximum absolute atomic E-state index is 11.8. The van der Waals surface area contributed by atoms with Gasteiger partial charge in [-0.25, -0.2) is 0 Å². The van der Waals surface area contributed by atoms with E-state index in [0.717, 1.165) is 52.1 Å². The van der Waals surface area contributed by atoms with Crippen LogP contribution in [0.2, 0.25) is 0 Å². The lowest BCUT2D eigenvalue weighted by Crippen LogP contribution is -2.53. The fourth-order valence-corrected chi connectivity index (χ4v) is 3.89. The Hall–Kier alpha value is -1.18. The normalized spacial score (nSPS) is 18.4. The molecule has 0 aromatic rings. The first-order valence-electron chi connectivity index (χ1n) is 15.3. The zero-order valence-electron chi connectivity index (χ0n) is 28.9. The number of likely N-dealkylation sites (tertiary alicyclic amines) is 1. The maximum atomic E-state index is 11.8.